The first kappa shape index (κ1) is 12.7. The first-order valence-electron chi connectivity index (χ1n) is 5.06. The predicted molar refractivity (Wildman–Crippen MR) is 62.7 cm³/mol. The minimum Gasteiger partial charge on any atom is -0.383 e. The van der Waals surface area contributed by atoms with E-state index in [1.54, 1.807) is 14.0 Å². The van der Waals surface area contributed by atoms with Crippen LogP contribution in [0.4, 0.5) is 5.82 Å². The van der Waals surface area contributed by atoms with Crippen LogP contribution in [-0.4, -0.2) is 43.3 Å². The fraction of sp³-hybridized carbons (Fsp3) is 0.600. The van der Waals surface area contributed by atoms with Crippen LogP contribution in [-0.2, 0) is 4.74 Å². The molecule has 1 aromatic heterocycles. The molecule has 16 heavy (non-hydrogen) atoms. The molecule has 0 amide bonds. The van der Waals surface area contributed by atoms with Gasteiger partial charge in [-0.15, -0.1) is 0 Å². The summed E-state index contributed by atoms with van der Waals surface area (Å²) in [6.07, 6.45) is 0. The molecule has 0 aliphatic heterocycles. The number of methoxy groups -OCH3 is 1. The van der Waals surface area contributed by atoms with Crippen molar-refractivity contribution in [1.82, 2.24) is 9.97 Å². The van der Waals surface area contributed by atoms with E-state index in [2.05, 4.69) is 9.97 Å². The van der Waals surface area contributed by atoms with Gasteiger partial charge in [-0.2, -0.15) is 0 Å². The molecule has 0 aliphatic carbocycles. The number of hydrogen-bond acceptors (Lipinski definition) is 5. The standard InChI is InChI=1S/C10H18N4O2/c1-7-12-9(4-10(15)13-7)14(2)5-8(11)6-16-3/h4,8H,5-6,11H2,1-3H3,(H,12,13,15). The molecule has 3 N–H and O–H groups in total. The number of rotatable bonds is 5. The van der Waals surface area contributed by atoms with Crippen molar-refractivity contribution in [3.05, 3.63) is 22.2 Å². The Balaban J connectivity index is 2.72. The van der Waals surface area contributed by atoms with Crippen LogP contribution >= 0.6 is 0 Å². The fourth-order valence-electron chi connectivity index (χ4n) is 1.47. The van der Waals surface area contributed by atoms with Gasteiger partial charge in [-0.05, 0) is 6.92 Å². The van der Waals surface area contributed by atoms with Gasteiger partial charge < -0.3 is 20.4 Å². The number of nitrogens with two attached hydrogens (primary N) is 1. The van der Waals surface area contributed by atoms with Crippen LogP contribution in [0.1, 0.15) is 5.82 Å². The molecule has 6 nitrogen and oxygen atoms in total. The maximum absolute atomic E-state index is 11.2. The Bertz CT molecular complexity index is 391. The largest absolute Gasteiger partial charge is 0.383 e. The number of aromatic amines is 1. The maximum atomic E-state index is 11.2. The quantitative estimate of drug-likeness (QED) is 0.706. The van der Waals surface area contributed by atoms with E-state index >= 15 is 0 Å². The second-order valence-corrected chi connectivity index (χ2v) is 3.78. The lowest BCUT2D eigenvalue weighted by Crippen LogP contribution is -2.39. The van der Waals surface area contributed by atoms with Gasteiger partial charge in [-0.3, -0.25) is 4.79 Å². The maximum Gasteiger partial charge on any atom is 0.252 e. The number of H-pyrrole nitrogens is 1. The second-order valence-electron chi connectivity index (χ2n) is 3.78. The predicted octanol–water partition coefficient (Wildman–Crippen LogP) is -0.512. The van der Waals surface area contributed by atoms with Crippen molar-refractivity contribution in [1.29, 1.82) is 0 Å². The van der Waals surface area contributed by atoms with E-state index in [1.807, 2.05) is 11.9 Å². The molecule has 1 heterocycles. The van der Waals surface area contributed by atoms with Crippen molar-refractivity contribution in [2.75, 3.05) is 32.2 Å². The van der Waals surface area contributed by atoms with Gasteiger partial charge >= 0.3 is 0 Å². The Morgan fingerprint density at radius 1 is 1.69 bits per heavy atom. The van der Waals surface area contributed by atoms with Gasteiger partial charge in [0.1, 0.15) is 11.6 Å². The first-order valence-corrected chi connectivity index (χ1v) is 5.06. The summed E-state index contributed by atoms with van der Waals surface area (Å²) in [7, 11) is 3.45. The van der Waals surface area contributed by atoms with Crippen molar-refractivity contribution < 1.29 is 4.74 Å². The molecule has 1 aromatic rings. The summed E-state index contributed by atoms with van der Waals surface area (Å²) < 4.78 is 4.95. The van der Waals surface area contributed by atoms with Crippen molar-refractivity contribution in [2.24, 2.45) is 5.73 Å². The van der Waals surface area contributed by atoms with Crippen LogP contribution < -0.4 is 16.2 Å². The summed E-state index contributed by atoms with van der Waals surface area (Å²) in [6, 6.07) is 1.35. The van der Waals surface area contributed by atoms with Crippen molar-refractivity contribution in [2.45, 2.75) is 13.0 Å². The third-order valence-corrected chi connectivity index (χ3v) is 2.13. The summed E-state index contributed by atoms with van der Waals surface area (Å²) in [5.74, 6) is 1.21. The molecule has 6 heteroatoms. The van der Waals surface area contributed by atoms with Crippen LogP contribution in [0.2, 0.25) is 0 Å². The van der Waals surface area contributed by atoms with Crippen LogP contribution in [0.3, 0.4) is 0 Å². The van der Waals surface area contributed by atoms with E-state index < -0.39 is 0 Å². The number of likely N-dealkylation sites (N-methyl/N-ethyl adjacent to an activating group) is 1. The molecule has 0 fully saturated rings. The fourth-order valence-corrected chi connectivity index (χ4v) is 1.47. The summed E-state index contributed by atoms with van der Waals surface area (Å²) in [6.45, 7) is 2.81. The van der Waals surface area contributed by atoms with Crippen molar-refractivity contribution >= 4 is 5.82 Å². The lowest BCUT2D eigenvalue weighted by Gasteiger charge is -2.21. The minimum absolute atomic E-state index is 0.101. The molecule has 0 radical (unpaired) electrons. The molecule has 1 unspecified atom stereocenters. The van der Waals surface area contributed by atoms with E-state index in [-0.39, 0.29) is 11.6 Å². The molecule has 90 valence electrons. The third kappa shape index (κ3) is 3.63. The van der Waals surface area contributed by atoms with Crippen LogP contribution in [0.5, 0.6) is 0 Å². The highest BCUT2D eigenvalue weighted by atomic mass is 16.5. The number of hydrogen-bond donors (Lipinski definition) is 2. The van der Waals surface area contributed by atoms with E-state index in [1.165, 1.54) is 6.07 Å². The molecule has 0 bridgehead atoms. The zero-order chi connectivity index (χ0) is 12.1. The van der Waals surface area contributed by atoms with Crippen molar-refractivity contribution in [3.63, 3.8) is 0 Å². The highest BCUT2D eigenvalue weighted by Crippen LogP contribution is 2.05. The van der Waals surface area contributed by atoms with Gasteiger partial charge in [-0.25, -0.2) is 4.98 Å². The number of nitrogens with zero attached hydrogens (tertiary/aromatic N) is 2. The van der Waals surface area contributed by atoms with E-state index in [0.717, 1.165) is 0 Å². The summed E-state index contributed by atoms with van der Waals surface area (Å²) in [5, 5.41) is 0. The van der Waals surface area contributed by atoms with E-state index in [0.29, 0.717) is 24.8 Å². The van der Waals surface area contributed by atoms with Gasteiger partial charge in [0.2, 0.25) is 0 Å². The molecular formula is C10H18N4O2. The van der Waals surface area contributed by atoms with Gasteiger partial charge in [0.25, 0.3) is 5.56 Å². The monoisotopic (exact) mass is 226 g/mol. The Hall–Kier alpha value is -1.40. The van der Waals surface area contributed by atoms with Gasteiger partial charge in [-0.1, -0.05) is 0 Å². The van der Waals surface area contributed by atoms with Gasteiger partial charge in [0.15, 0.2) is 0 Å². The van der Waals surface area contributed by atoms with Gasteiger partial charge in [0, 0.05) is 32.8 Å². The van der Waals surface area contributed by atoms with E-state index in [4.69, 9.17) is 10.5 Å². The molecule has 0 saturated carbocycles. The highest BCUT2D eigenvalue weighted by Gasteiger charge is 2.09. The molecule has 0 aromatic carbocycles. The summed E-state index contributed by atoms with van der Waals surface area (Å²) in [5.41, 5.74) is 5.66. The summed E-state index contributed by atoms with van der Waals surface area (Å²) in [4.78, 5) is 19.9. The second kappa shape index (κ2) is 5.62. The van der Waals surface area contributed by atoms with Gasteiger partial charge in [0.05, 0.1) is 6.61 Å². The smallest absolute Gasteiger partial charge is 0.252 e. The zero-order valence-corrected chi connectivity index (χ0v) is 9.86. The average molecular weight is 226 g/mol. The number of anilines is 1. The number of aryl methyl sites for hydroxylation is 1. The average Bonchev–Trinajstić information content (AvgIpc) is 2.16. The molecule has 0 aliphatic rings. The number of aromatic nitrogens is 2. The van der Waals surface area contributed by atoms with Crippen LogP contribution in [0.15, 0.2) is 10.9 Å². The topological polar surface area (TPSA) is 84.2 Å². The lowest BCUT2D eigenvalue weighted by atomic mass is 10.3. The minimum atomic E-state index is -0.158. The lowest BCUT2D eigenvalue weighted by molar-refractivity contribution is 0.181. The molecular weight excluding hydrogens is 208 g/mol. The number of nitrogens with one attached hydrogen (secondary N) is 1. The summed E-state index contributed by atoms with van der Waals surface area (Å²) >= 11 is 0. The molecule has 0 spiro atoms. The van der Waals surface area contributed by atoms with Crippen LogP contribution in [0, 0.1) is 6.92 Å². The zero-order valence-electron chi connectivity index (χ0n) is 9.86. The Morgan fingerprint density at radius 2 is 2.38 bits per heavy atom. The number of ether oxygens (including phenoxy) is 1. The molecule has 0 saturated heterocycles. The third-order valence-electron chi connectivity index (χ3n) is 2.13. The first-order chi connectivity index (χ1) is 7.52. The van der Waals surface area contributed by atoms with Crippen LogP contribution in [0.25, 0.3) is 0 Å². The normalized spacial score (nSPS) is 12.5. The Morgan fingerprint density at radius 3 is 2.94 bits per heavy atom. The molecule has 1 atom stereocenters. The molecule has 1 rings (SSSR count). The highest BCUT2D eigenvalue weighted by molar-refractivity contribution is 5.36. The van der Waals surface area contributed by atoms with E-state index in [9.17, 15) is 4.79 Å². The SMILES string of the molecule is COCC(N)CN(C)c1cc(=O)[nH]c(C)n1. The van der Waals surface area contributed by atoms with Crippen molar-refractivity contribution in [3.8, 4) is 0 Å². The Kier molecular flexibility index (Phi) is 4.45. The Labute approximate surface area is 94.4 Å².